The van der Waals surface area contributed by atoms with Gasteiger partial charge in [-0.05, 0) is 97.8 Å². The number of methoxy groups -OCH3 is 1. The van der Waals surface area contributed by atoms with Gasteiger partial charge in [-0.1, -0.05) is 20.3 Å². The molecule has 6 nitrogen and oxygen atoms in total. The third kappa shape index (κ3) is 4.21. The molecule has 1 aromatic rings. The average Bonchev–Trinajstić information content (AvgIpc) is 2.75. The van der Waals surface area contributed by atoms with Crippen LogP contribution in [0.5, 0.6) is 11.5 Å². The minimum atomic E-state index is -4.09. The van der Waals surface area contributed by atoms with E-state index in [-0.39, 0.29) is 5.75 Å². The summed E-state index contributed by atoms with van der Waals surface area (Å²) < 4.78 is 39.9. The molecule has 0 aliphatic heterocycles. The van der Waals surface area contributed by atoms with Crippen molar-refractivity contribution in [3.8, 4) is 11.5 Å². The summed E-state index contributed by atoms with van der Waals surface area (Å²) in [6.45, 7) is 5.41. The average molecular weight is 452 g/mol. The Morgan fingerprint density at radius 1 is 1.13 bits per heavy atom. The highest BCUT2D eigenvalue weighted by Crippen LogP contribution is 2.62. The quantitative estimate of drug-likeness (QED) is 0.649. The van der Waals surface area contributed by atoms with Crippen LogP contribution in [0.15, 0.2) is 12.1 Å². The van der Waals surface area contributed by atoms with Gasteiger partial charge in [-0.25, -0.2) is 0 Å². The van der Waals surface area contributed by atoms with Gasteiger partial charge in [0.2, 0.25) is 0 Å². The Bertz CT molecular complexity index is 901. The summed E-state index contributed by atoms with van der Waals surface area (Å²) in [5.41, 5.74) is 2.77. The number of hydrogen-bond acceptors (Lipinski definition) is 5. The van der Waals surface area contributed by atoms with E-state index < -0.39 is 10.3 Å². The number of rotatable bonds is 7. The van der Waals surface area contributed by atoms with Gasteiger partial charge >= 0.3 is 10.3 Å². The fraction of sp³-hybridized carbons (Fsp3) is 0.750. The topological polar surface area (TPSA) is 87.9 Å². The second kappa shape index (κ2) is 8.91. The van der Waals surface area contributed by atoms with Crippen LogP contribution in [0.2, 0.25) is 0 Å². The van der Waals surface area contributed by atoms with E-state index in [0.29, 0.717) is 35.0 Å². The molecule has 0 heterocycles. The van der Waals surface area contributed by atoms with Crippen molar-refractivity contribution in [3.05, 3.63) is 23.3 Å². The fourth-order valence-electron chi connectivity index (χ4n) is 7.06. The Hall–Kier alpha value is -1.31. The van der Waals surface area contributed by atoms with Crippen LogP contribution in [0.1, 0.15) is 82.3 Å². The molecular weight excluding hydrogens is 414 g/mol. The first kappa shape index (κ1) is 22.9. The zero-order chi connectivity index (χ0) is 22.2. The maximum Gasteiger partial charge on any atom is 0.380 e. The van der Waals surface area contributed by atoms with E-state index in [1.807, 2.05) is 12.1 Å². The molecule has 0 amide bonds. The second-order valence-corrected chi connectivity index (χ2v) is 10.8. The third-order valence-corrected chi connectivity index (χ3v) is 8.69. The van der Waals surface area contributed by atoms with Gasteiger partial charge in [0.05, 0.1) is 13.2 Å². The van der Waals surface area contributed by atoms with Crippen LogP contribution in [0.3, 0.4) is 0 Å². The SMILES string of the molecule is CCCO[C@H]1CCCC2C3CCc4cc(OS(N)(=O)=O)c(OC)cc4C3CC[C@@]21CC. The molecule has 31 heavy (non-hydrogen) atoms. The van der Waals surface area contributed by atoms with E-state index in [9.17, 15) is 8.42 Å². The van der Waals surface area contributed by atoms with E-state index in [2.05, 4.69) is 13.8 Å². The van der Waals surface area contributed by atoms with E-state index in [0.717, 1.165) is 32.3 Å². The summed E-state index contributed by atoms with van der Waals surface area (Å²) in [4.78, 5) is 0. The molecule has 3 unspecified atom stereocenters. The summed E-state index contributed by atoms with van der Waals surface area (Å²) in [6, 6.07) is 3.82. The van der Waals surface area contributed by atoms with E-state index in [4.69, 9.17) is 18.8 Å². The van der Waals surface area contributed by atoms with Gasteiger partial charge in [0, 0.05) is 6.61 Å². The largest absolute Gasteiger partial charge is 0.493 e. The highest BCUT2D eigenvalue weighted by Gasteiger charge is 2.54. The predicted molar refractivity (Wildman–Crippen MR) is 121 cm³/mol. The van der Waals surface area contributed by atoms with Crippen LogP contribution in [0, 0.1) is 17.3 Å². The molecule has 2 N–H and O–H groups in total. The Labute approximate surface area is 187 Å². The lowest BCUT2D eigenvalue weighted by Crippen LogP contribution is -2.53. The standard InChI is InChI=1S/C24H37NO5S/c1-4-13-29-23-8-6-7-20-18-10-9-16-14-22(30-31(25,26)27)21(28-3)15-19(16)17(18)11-12-24(20,23)5-2/h14-15,17-18,20,23H,4-13H2,1-3H3,(H2,25,26,27)/t17?,18?,20?,23-,24-/m0/s1. The lowest BCUT2D eigenvalue weighted by atomic mass is 9.48. The number of fused-ring (bicyclic) bond motifs is 5. The smallest absolute Gasteiger partial charge is 0.380 e. The van der Waals surface area contributed by atoms with Crippen molar-refractivity contribution in [1.29, 1.82) is 0 Å². The fourth-order valence-corrected chi connectivity index (χ4v) is 7.44. The molecule has 0 aromatic heterocycles. The van der Waals surface area contributed by atoms with Crippen molar-refractivity contribution >= 4 is 10.3 Å². The van der Waals surface area contributed by atoms with Gasteiger partial charge < -0.3 is 13.7 Å². The molecule has 174 valence electrons. The van der Waals surface area contributed by atoms with Crippen molar-refractivity contribution in [1.82, 2.24) is 0 Å². The van der Waals surface area contributed by atoms with Crippen LogP contribution in [-0.4, -0.2) is 28.2 Å². The van der Waals surface area contributed by atoms with Crippen LogP contribution in [0.4, 0.5) is 0 Å². The van der Waals surface area contributed by atoms with Gasteiger partial charge in [0.15, 0.2) is 11.5 Å². The number of hydrogen-bond donors (Lipinski definition) is 1. The van der Waals surface area contributed by atoms with Gasteiger partial charge in [0.25, 0.3) is 0 Å². The molecule has 3 aliphatic rings. The highest BCUT2D eigenvalue weighted by molar-refractivity contribution is 7.84. The molecule has 1 aromatic carbocycles. The molecule has 2 saturated carbocycles. The van der Waals surface area contributed by atoms with Crippen molar-refractivity contribution in [2.24, 2.45) is 22.4 Å². The maximum absolute atomic E-state index is 11.5. The summed E-state index contributed by atoms with van der Waals surface area (Å²) in [5.74, 6) is 2.44. The minimum absolute atomic E-state index is 0.187. The van der Waals surface area contributed by atoms with Crippen molar-refractivity contribution in [3.63, 3.8) is 0 Å². The first-order valence-corrected chi connectivity index (χ1v) is 13.3. The summed E-state index contributed by atoms with van der Waals surface area (Å²) in [6.07, 6.45) is 10.8. The molecule has 5 atom stereocenters. The minimum Gasteiger partial charge on any atom is -0.493 e. The summed E-state index contributed by atoms with van der Waals surface area (Å²) in [5, 5.41) is 5.11. The molecule has 0 spiro atoms. The van der Waals surface area contributed by atoms with Crippen molar-refractivity contribution in [2.45, 2.75) is 83.7 Å². The number of benzene rings is 1. The molecule has 3 aliphatic carbocycles. The third-order valence-electron chi connectivity index (χ3n) is 8.27. The van der Waals surface area contributed by atoms with Crippen LogP contribution >= 0.6 is 0 Å². The number of nitrogens with two attached hydrogens (primary N) is 1. The molecular formula is C24H37NO5S. The highest BCUT2D eigenvalue weighted by atomic mass is 32.2. The second-order valence-electron chi connectivity index (χ2n) is 9.61. The van der Waals surface area contributed by atoms with Crippen LogP contribution < -0.4 is 14.1 Å². The number of aryl methyl sites for hydroxylation is 1. The van der Waals surface area contributed by atoms with Crippen LogP contribution in [0.25, 0.3) is 0 Å². The first-order chi connectivity index (χ1) is 14.8. The zero-order valence-electron chi connectivity index (χ0n) is 19.1. The molecule has 2 fully saturated rings. The Morgan fingerprint density at radius 2 is 1.94 bits per heavy atom. The predicted octanol–water partition coefficient (Wildman–Crippen LogP) is 4.71. The van der Waals surface area contributed by atoms with Crippen molar-refractivity contribution < 1.29 is 22.1 Å². The maximum atomic E-state index is 11.5. The van der Waals surface area contributed by atoms with E-state index >= 15 is 0 Å². The zero-order valence-corrected chi connectivity index (χ0v) is 19.9. The molecule has 7 heteroatoms. The van der Waals surface area contributed by atoms with Gasteiger partial charge in [-0.2, -0.15) is 13.6 Å². The molecule has 0 radical (unpaired) electrons. The summed E-state index contributed by atoms with van der Waals surface area (Å²) in [7, 11) is -2.56. The Balaban J connectivity index is 1.66. The molecule has 4 rings (SSSR count). The monoisotopic (exact) mass is 451 g/mol. The van der Waals surface area contributed by atoms with Crippen molar-refractivity contribution in [2.75, 3.05) is 13.7 Å². The molecule has 0 bridgehead atoms. The lowest BCUT2D eigenvalue weighted by molar-refractivity contribution is -0.140. The molecule has 0 saturated heterocycles. The van der Waals surface area contributed by atoms with Gasteiger partial charge in [-0.3, -0.25) is 0 Å². The Kier molecular flexibility index (Phi) is 6.57. The van der Waals surface area contributed by atoms with Gasteiger partial charge in [0.1, 0.15) is 0 Å². The van der Waals surface area contributed by atoms with E-state index in [1.54, 1.807) is 0 Å². The number of ether oxygens (including phenoxy) is 2. The normalized spacial score (nSPS) is 32.5. The lowest BCUT2D eigenvalue weighted by Gasteiger charge is -2.58. The van der Waals surface area contributed by atoms with Crippen LogP contribution in [-0.2, 0) is 21.5 Å². The summed E-state index contributed by atoms with van der Waals surface area (Å²) >= 11 is 0. The Morgan fingerprint density at radius 3 is 2.61 bits per heavy atom. The van der Waals surface area contributed by atoms with Gasteiger partial charge in [-0.15, -0.1) is 0 Å². The first-order valence-electron chi connectivity index (χ1n) is 11.9. The van der Waals surface area contributed by atoms with E-state index in [1.165, 1.54) is 50.3 Å².